The first kappa shape index (κ1) is 10.8. The predicted molar refractivity (Wildman–Crippen MR) is 50.9 cm³/mol. The van der Waals surface area contributed by atoms with Gasteiger partial charge >= 0.3 is 5.97 Å². The van der Waals surface area contributed by atoms with Crippen LogP contribution in [0.25, 0.3) is 0 Å². The number of carbonyl (C=O) groups is 1. The van der Waals surface area contributed by atoms with Gasteiger partial charge in [-0.15, -0.1) is 0 Å². The van der Waals surface area contributed by atoms with Crippen LogP contribution < -0.4 is 0 Å². The van der Waals surface area contributed by atoms with Crippen LogP contribution in [-0.2, 0) is 10.0 Å². The summed E-state index contributed by atoms with van der Waals surface area (Å²) in [7, 11) is -3.37. The Morgan fingerprint density at radius 1 is 1.57 bits per heavy atom. The third-order valence-electron chi connectivity index (χ3n) is 1.70. The number of aromatic carboxylic acids is 1. The summed E-state index contributed by atoms with van der Waals surface area (Å²) < 4.78 is 23.8. The van der Waals surface area contributed by atoms with E-state index in [0.29, 0.717) is 6.42 Å². The number of aromatic nitrogens is 1. The number of rotatable bonds is 4. The first-order chi connectivity index (χ1) is 6.47. The molecule has 0 fully saturated rings. The minimum Gasteiger partial charge on any atom is -0.478 e. The molecule has 0 radical (unpaired) electrons. The van der Waals surface area contributed by atoms with Crippen LogP contribution in [0.1, 0.15) is 23.7 Å². The summed E-state index contributed by atoms with van der Waals surface area (Å²) in [5.74, 6) is -1.11. The maximum absolute atomic E-state index is 11.4. The highest BCUT2D eigenvalue weighted by Crippen LogP contribution is 2.06. The second kappa shape index (κ2) is 3.83. The monoisotopic (exact) mass is 217 g/mol. The molecule has 0 bridgehead atoms. The minimum atomic E-state index is -3.37. The molecule has 0 amide bonds. The molecule has 5 nitrogen and oxygen atoms in total. The van der Waals surface area contributed by atoms with Crippen molar-refractivity contribution in [2.24, 2.45) is 0 Å². The average Bonchev–Trinajstić information content (AvgIpc) is 2.51. The fourth-order valence-electron chi connectivity index (χ4n) is 1.04. The highest BCUT2D eigenvalue weighted by molar-refractivity contribution is 7.89. The lowest BCUT2D eigenvalue weighted by Crippen LogP contribution is -2.14. The Morgan fingerprint density at radius 2 is 2.21 bits per heavy atom. The largest absolute Gasteiger partial charge is 0.478 e. The van der Waals surface area contributed by atoms with Crippen molar-refractivity contribution in [3.8, 4) is 0 Å². The lowest BCUT2D eigenvalue weighted by molar-refractivity contribution is 0.0697. The van der Waals surface area contributed by atoms with Gasteiger partial charge in [-0.25, -0.2) is 13.2 Å². The second-order valence-electron chi connectivity index (χ2n) is 2.85. The standard InChI is InChI=1S/C8H11NO4S/c1-2-5-14(12,13)9-4-3-7(6-9)8(10)11/h3-4,6H,2,5H2,1H3,(H,10,11). The molecule has 14 heavy (non-hydrogen) atoms. The Hall–Kier alpha value is -1.30. The van der Waals surface area contributed by atoms with Crippen LogP contribution in [0.5, 0.6) is 0 Å². The molecule has 1 aromatic heterocycles. The smallest absolute Gasteiger partial charge is 0.337 e. The molecule has 0 spiro atoms. The molecule has 6 heteroatoms. The molecule has 1 aromatic rings. The van der Waals surface area contributed by atoms with Crippen LogP contribution >= 0.6 is 0 Å². The zero-order valence-corrected chi connectivity index (χ0v) is 8.49. The lowest BCUT2D eigenvalue weighted by Gasteiger charge is -2.02. The summed E-state index contributed by atoms with van der Waals surface area (Å²) in [6.45, 7) is 1.75. The van der Waals surface area contributed by atoms with E-state index in [1.54, 1.807) is 6.92 Å². The van der Waals surface area contributed by atoms with Crippen molar-refractivity contribution in [2.45, 2.75) is 13.3 Å². The van der Waals surface area contributed by atoms with E-state index in [-0.39, 0.29) is 11.3 Å². The molecule has 1 heterocycles. The van der Waals surface area contributed by atoms with Gasteiger partial charge in [0.05, 0.1) is 11.3 Å². The van der Waals surface area contributed by atoms with Gasteiger partial charge in [0.15, 0.2) is 0 Å². The summed E-state index contributed by atoms with van der Waals surface area (Å²) in [6, 6.07) is 1.26. The molecule has 0 atom stereocenters. The van der Waals surface area contributed by atoms with E-state index in [9.17, 15) is 13.2 Å². The average molecular weight is 217 g/mol. The molecule has 1 N–H and O–H groups in total. The maximum Gasteiger partial charge on any atom is 0.337 e. The van der Waals surface area contributed by atoms with Crippen molar-refractivity contribution in [1.29, 1.82) is 0 Å². The zero-order valence-electron chi connectivity index (χ0n) is 7.67. The lowest BCUT2D eigenvalue weighted by atomic mass is 10.4. The van der Waals surface area contributed by atoms with Crippen LogP contribution in [0.2, 0.25) is 0 Å². The van der Waals surface area contributed by atoms with Crippen LogP contribution in [0.15, 0.2) is 18.5 Å². The van der Waals surface area contributed by atoms with Gasteiger partial charge in [-0.05, 0) is 12.5 Å². The topological polar surface area (TPSA) is 76.4 Å². The van der Waals surface area contributed by atoms with Gasteiger partial charge in [0.25, 0.3) is 0 Å². The van der Waals surface area contributed by atoms with Gasteiger partial charge in [-0.2, -0.15) is 0 Å². The first-order valence-electron chi connectivity index (χ1n) is 4.12. The Balaban J connectivity index is 3.03. The van der Waals surface area contributed by atoms with Crippen molar-refractivity contribution < 1.29 is 18.3 Å². The number of carboxylic acids is 1. The fraction of sp³-hybridized carbons (Fsp3) is 0.375. The summed E-state index contributed by atoms with van der Waals surface area (Å²) >= 11 is 0. The highest BCUT2D eigenvalue weighted by atomic mass is 32.2. The van der Waals surface area contributed by atoms with Crippen molar-refractivity contribution in [3.63, 3.8) is 0 Å². The van der Waals surface area contributed by atoms with Gasteiger partial charge in [0, 0.05) is 12.4 Å². The predicted octanol–water partition coefficient (Wildman–Crippen LogP) is 0.774. The van der Waals surface area contributed by atoms with E-state index >= 15 is 0 Å². The third kappa shape index (κ3) is 2.14. The van der Waals surface area contributed by atoms with Crippen LogP contribution in [-0.4, -0.2) is 29.2 Å². The molecule has 0 unspecified atom stereocenters. The van der Waals surface area contributed by atoms with E-state index in [1.165, 1.54) is 12.3 Å². The van der Waals surface area contributed by atoms with Crippen molar-refractivity contribution in [2.75, 3.05) is 5.75 Å². The first-order valence-corrected chi connectivity index (χ1v) is 5.73. The zero-order chi connectivity index (χ0) is 10.8. The molecule has 0 aliphatic heterocycles. The quantitative estimate of drug-likeness (QED) is 0.808. The molecular formula is C8H11NO4S. The van der Waals surface area contributed by atoms with E-state index in [2.05, 4.69) is 0 Å². The number of hydrogen-bond donors (Lipinski definition) is 1. The Labute approximate surface area is 82.0 Å². The minimum absolute atomic E-state index is 0.0146. The van der Waals surface area contributed by atoms with E-state index in [0.717, 1.165) is 10.2 Å². The van der Waals surface area contributed by atoms with E-state index in [4.69, 9.17) is 5.11 Å². The van der Waals surface area contributed by atoms with Crippen LogP contribution in [0.3, 0.4) is 0 Å². The molecule has 0 saturated carbocycles. The van der Waals surface area contributed by atoms with Crippen molar-refractivity contribution in [1.82, 2.24) is 3.97 Å². The number of carboxylic acid groups (broad SMARTS) is 1. The van der Waals surface area contributed by atoms with Gasteiger partial charge in [-0.1, -0.05) is 6.92 Å². The maximum atomic E-state index is 11.4. The highest BCUT2D eigenvalue weighted by Gasteiger charge is 2.13. The Morgan fingerprint density at radius 3 is 2.64 bits per heavy atom. The number of hydrogen-bond acceptors (Lipinski definition) is 3. The van der Waals surface area contributed by atoms with E-state index in [1.807, 2.05) is 0 Å². The SMILES string of the molecule is CCCS(=O)(=O)n1ccc(C(=O)O)c1. The third-order valence-corrected chi connectivity index (χ3v) is 3.49. The Kier molecular flexibility index (Phi) is 2.95. The fourth-order valence-corrected chi connectivity index (χ4v) is 2.29. The van der Waals surface area contributed by atoms with Crippen LogP contribution in [0.4, 0.5) is 0 Å². The molecule has 0 aliphatic rings. The van der Waals surface area contributed by atoms with Crippen LogP contribution in [0, 0.1) is 0 Å². The van der Waals surface area contributed by atoms with Gasteiger partial charge in [-0.3, -0.25) is 3.97 Å². The molecule has 78 valence electrons. The van der Waals surface area contributed by atoms with Gasteiger partial charge in [0.1, 0.15) is 0 Å². The molecule has 1 rings (SSSR count). The molecular weight excluding hydrogens is 206 g/mol. The summed E-state index contributed by atoms with van der Waals surface area (Å²) in [5.41, 5.74) is -0.0234. The summed E-state index contributed by atoms with van der Waals surface area (Å²) in [4.78, 5) is 10.5. The molecule has 0 aliphatic carbocycles. The number of nitrogens with zero attached hydrogens (tertiary/aromatic N) is 1. The Bertz CT molecular complexity index is 432. The van der Waals surface area contributed by atoms with E-state index < -0.39 is 16.0 Å². The van der Waals surface area contributed by atoms with Gasteiger partial charge in [0.2, 0.25) is 10.0 Å². The molecule has 0 saturated heterocycles. The summed E-state index contributed by atoms with van der Waals surface area (Å²) in [6.07, 6.45) is 2.85. The normalized spacial score (nSPS) is 11.5. The van der Waals surface area contributed by atoms with Crippen molar-refractivity contribution in [3.05, 3.63) is 24.0 Å². The second-order valence-corrected chi connectivity index (χ2v) is 4.84. The van der Waals surface area contributed by atoms with Gasteiger partial charge < -0.3 is 5.11 Å². The summed E-state index contributed by atoms with van der Waals surface area (Å²) in [5, 5.41) is 8.59. The van der Waals surface area contributed by atoms with Crippen molar-refractivity contribution >= 4 is 16.0 Å². The molecule has 0 aromatic carbocycles.